The first-order chi connectivity index (χ1) is 15.6. The predicted octanol–water partition coefficient (Wildman–Crippen LogP) is 3.52. The van der Waals surface area contributed by atoms with E-state index in [-0.39, 0.29) is 36.3 Å². The number of carbonyl (C=O) groups is 3. The van der Waals surface area contributed by atoms with Crippen LogP contribution in [0.1, 0.15) is 41.6 Å². The number of ketones is 1. The predicted molar refractivity (Wildman–Crippen MR) is 129 cm³/mol. The maximum Gasteiger partial charge on any atom is 0.325 e. The molecular formula is C21H25ClN4O5S2. The van der Waals surface area contributed by atoms with Crippen LogP contribution in [0.2, 0.25) is 4.34 Å². The van der Waals surface area contributed by atoms with Crippen LogP contribution in [0.15, 0.2) is 24.4 Å². The number of amides is 3. The second-order valence-electron chi connectivity index (χ2n) is 7.93. The fourth-order valence-electron chi connectivity index (χ4n) is 3.61. The van der Waals surface area contributed by atoms with E-state index >= 15 is 0 Å². The highest BCUT2D eigenvalue weighted by molar-refractivity contribution is 7.90. The molecule has 9 nitrogen and oxygen atoms in total. The van der Waals surface area contributed by atoms with Gasteiger partial charge >= 0.3 is 6.03 Å². The molecule has 1 aromatic heterocycles. The molecule has 12 heteroatoms. The summed E-state index contributed by atoms with van der Waals surface area (Å²) in [6.07, 6.45) is 6.05. The molecule has 178 valence electrons. The molecule has 1 heterocycles. The van der Waals surface area contributed by atoms with Crippen molar-refractivity contribution in [1.29, 1.82) is 0 Å². The van der Waals surface area contributed by atoms with Crippen molar-refractivity contribution in [2.24, 2.45) is 5.92 Å². The average Bonchev–Trinajstić information content (AvgIpc) is 3.39. The number of thiazole rings is 1. The Labute approximate surface area is 201 Å². The van der Waals surface area contributed by atoms with Crippen LogP contribution in [0.5, 0.6) is 0 Å². The third-order valence-electron chi connectivity index (χ3n) is 5.18. The average molecular weight is 513 g/mol. The first-order valence-electron chi connectivity index (χ1n) is 10.4. The minimum absolute atomic E-state index is 0.0151. The van der Waals surface area contributed by atoms with E-state index in [0.717, 1.165) is 43.3 Å². The summed E-state index contributed by atoms with van der Waals surface area (Å²) in [5, 5.41) is 8.16. The molecule has 0 radical (unpaired) electrons. The van der Waals surface area contributed by atoms with Crippen LogP contribution in [0.4, 0.5) is 15.6 Å². The number of aromatic nitrogens is 1. The van der Waals surface area contributed by atoms with E-state index in [9.17, 15) is 22.8 Å². The van der Waals surface area contributed by atoms with Crippen molar-refractivity contribution in [2.45, 2.75) is 32.1 Å². The highest BCUT2D eigenvalue weighted by Crippen LogP contribution is 2.31. The lowest BCUT2D eigenvalue weighted by Crippen LogP contribution is -2.30. The first kappa shape index (κ1) is 25.1. The fourth-order valence-corrected chi connectivity index (χ4v) is 4.89. The van der Waals surface area contributed by atoms with E-state index < -0.39 is 15.9 Å². The standard InChI is InChI=1S/C21H25ClN4O5S2/c1-33(30,31)9-8-23-18(27)11-13-6-7-16(15(10-13)19(28)14-4-2-3-5-14)25-20(29)26-21-24-12-17(22)32-21/h6-7,10,12,14H,2-5,8-9,11H2,1H3,(H,23,27)(H2,24,25,26,29). The summed E-state index contributed by atoms with van der Waals surface area (Å²) in [6, 6.07) is 4.30. The van der Waals surface area contributed by atoms with Gasteiger partial charge in [-0.3, -0.25) is 14.9 Å². The number of halogens is 1. The monoisotopic (exact) mass is 512 g/mol. The van der Waals surface area contributed by atoms with E-state index in [1.54, 1.807) is 18.2 Å². The summed E-state index contributed by atoms with van der Waals surface area (Å²) in [5.41, 5.74) is 1.27. The van der Waals surface area contributed by atoms with Crippen molar-refractivity contribution >= 4 is 61.3 Å². The highest BCUT2D eigenvalue weighted by Gasteiger charge is 2.26. The minimum atomic E-state index is -3.18. The van der Waals surface area contributed by atoms with E-state index in [0.29, 0.717) is 26.3 Å². The molecule has 0 unspecified atom stereocenters. The zero-order valence-electron chi connectivity index (χ0n) is 18.0. The summed E-state index contributed by atoms with van der Waals surface area (Å²) in [7, 11) is -3.18. The van der Waals surface area contributed by atoms with Gasteiger partial charge in [0.25, 0.3) is 0 Å². The molecule has 2 aromatic rings. The third-order valence-corrected chi connectivity index (χ3v) is 7.16. The molecule has 1 fully saturated rings. The number of nitrogens with zero attached hydrogens (tertiary/aromatic N) is 1. The van der Waals surface area contributed by atoms with Gasteiger partial charge in [0.2, 0.25) is 5.91 Å². The van der Waals surface area contributed by atoms with Gasteiger partial charge in [-0.2, -0.15) is 0 Å². The fraction of sp³-hybridized carbons (Fsp3) is 0.429. The maximum absolute atomic E-state index is 13.2. The van der Waals surface area contributed by atoms with Crippen molar-refractivity contribution in [1.82, 2.24) is 10.3 Å². The topological polar surface area (TPSA) is 134 Å². The van der Waals surface area contributed by atoms with E-state index in [2.05, 4.69) is 20.9 Å². The van der Waals surface area contributed by atoms with E-state index in [1.807, 2.05) is 0 Å². The van der Waals surface area contributed by atoms with Gasteiger partial charge in [0.15, 0.2) is 10.9 Å². The number of benzene rings is 1. The number of anilines is 2. The maximum atomic E-state index is 13.2. The zero-order valence-corrected chi connectivity index (χ0v) is 20.4. The van der Waals surface area contributed by atoms with Crippen LogP contribution in [-0.4, -0.2) is 49.7 Å². The van der Waals surface area contributed by atoms with Crippen LogP contribution in [0.25, 0.3) is 0 Å². The van der Waals surface area contributed by atoms with Crippen molar-refractivity contribution in [3.63, 3.8) is 0 Å². The van der Waals surface area contributed by atoms with Gasteiger partial charge in [0, 0.05) is 24.3 Å². The van der Waals surface area contributed by atoms with Gasteiger partial charge in [0.1, 0.15) is 14.2 Å². The van der Waals surface area contributed by atoms with Crippen molar-refractivity contribution in [3.05, 3.63) is 39.9 Å². The summed E-state index contributed by atoms with van der Waals surface area (Å²) in [6.45, 7) is 0.0200. The lowest BCUT2D eigenvalue weighted by Gasteiger charge is -2.15. The van der Waals surface area contributed by atoms with Gasteiger partial charge < -0.3 is 10.6 Å². The number of nitrogens with one attached hydrogen (secondary N) is 3. The van der Waals surface area contributed by atoms with Gasteiger partial charge in [-0.15, -0.1) is 0 Å². The summed E-state index contributed by atoms with van der Waals surface area (Å²) in [5.74, 6) is -0.687. The first-order valence-corrected chi connectivity index (χ1v) is 13.7. The van der Waals surface area contributed by atoms with Gasteiger partial charge in [-0.1, -0.05) is 41.8 Å². The Morgan fingerprint density at radius 1 is 1.18 bits per heavy atom. The zero-order chi connectivity index (χ0) is 24.0. The van der Waals surface area contributed by atoms with E-state index in [4.69, 9.17) is 11.6 Å². The number of hydrogen-bond acceptors (Lipinski definition) is 7. The van der Waals surface area contributed by atoms with Crippen LogP contribution in [0.3, 0.4) is 0 Å². The Morgan fingerprint density at radius 3 is 2.55 bits per heavy atom. The van der Waals surface area contributed by atoms with Gasteiger partial charge in [-0.05, 0) is 30.5 Å². The van der Waals surface area contributed by atoms with Crippen LogP contribution >= 0.6 is 22.9 Å². The summed E-state index contributed by atoms with van der Waals surface area (Å²) in [4.78, 5) is 41.8. The minimum Gasteiger partial charge on any atom is -0.355 e. The molecular weight excluding hydrogens is 488 g/mol. The number of urea groups is 1. The molecule has 0 saturated heterocycles. The second-order valence-corrected chi connectivity index (χ2v) is 11.9. The smallest absolute Gasteiger partial charge is 0.325 e. The highest BCUT2D eigenvalue weighted by atomic mass is 35.5. The summed E-state index contributed by atoms with van der Waals surface area (Å²) >= 11 is 6.94. The number of carbonyl (C=O) groups excluding carboxylic acids is 3. The molecule has 0 atom stereocenters. The quantitative estimate of drug-likeness (QED) is 0.440. The molecule has 3 N–H and O–H groups in total. The lowest BCUT2D eigenvalue weighted by atomic mass is 9.93. The molecule has 3 rings (SSSR count). The van der Waals surface area contributed by atoms with Gasteiger partial charge in [0.05, 0.1) is 24.1 Å². The number of rotatable bonds is 9. The largest absolute Gasteiger partial charge is 0.355 e. The molecule has 1 saturated carbocycles. The Hall–Kier alpha value is -2.50. The SMILES string of the molecule is CS(=O)(=O)CCNC(=O)Cc1ccc(NC(=O)Nc2ncc(Cl)s2)c(C(=O)C2CCCC2)c1. The molecule has 0 spiro atoms. The second kappa shape index (κ2) is 11.1. The normalized spacial score (nSPS) is 14.1. The van der Waals surface area contributed by atoms with Crippen molar-refractivity contribution in [2.75, 3.05) is 29.2 Å². The Bertz CT molecular complexity index is 1140. The molecule has 33 heavy (non-hydrogen) atoms. The molecule has 0 bridgehead atoms. The Kier molecular flexibility index (Phi) is 8.44. The number of Topliss-reactive ketones (excluding diaryl/α,β-unsaturated/α-hetero) is 1. The third kappa shape index (κ3) is 7.79. The van der Waals surface area contributed by atoms with Crippen molar-refractivity contribution in [3.8, 4) is 0 Å². The van der Waals surface area contributed by atoms with Gasteiger partial charge in [-0.25, -0.2) is 18.2 Å². The van der Waals surface area contributed by atoms with Crippen molar-refractivity contribution < 1.29 is 22.8 Å². The Morgan fingerprint density at radius 2 is 1.91 bits per heavy atom. The van der Waals surface area contributed by atoms with E-state index in [1.165, 1.54) is 6.20 Å². The van der Waals surface area contributed by atoms with Crippen LogP contribution < -0.4 is 16.0 Å². The number of sulfone groups is 1. The lowest BCUT2D eigenvalue weighted by molar-refractivity contribution is -0.120. The van der Waals surface area contributed by atoms with Crippen LogP contribution in [-0.2, 0) is 21.1 Å². The molecule has 1 aromatic carbocycles. The Balaban J connectivity index is 1.73. The summed E-state index contributed by atoms with van der Waals surface area (Å²) < 4.78 is 22.9. The molecule has 3 amide bonds. The molecule has 1 aliphatic rings. The molecule has 0 aliphatic heterocycles. The number of hydrogen-bond donors (Lipinski definition) is 3. The molecule has 1 aliphatic carbocycles. The van der Waals surface area contributed by atoms with Crippen LogP contribution in [0, 0.1) is 5.92 Å².